The molecule has 9 heavy (non-hydrogen) atoms. The maximum absolute atomic E-state index is 2.42. The maximum Gasteiger partial charge on any atom is -0.0200 e. The van der Waals surface area contributed by atoms with E-state index in [4.69, 9.17) is 0 Å². The van der Waals surface area contributed by atoms with Crippen molar-refractivity contribution in [3.05, 3.63) is 12.2 Å². The zero-order valence-corrected chi connectivity index (χ0v) is 6.01. The Labute approximate surface area is 57.0 Å². The first-order valence-electron chi connectivity index (χ1n) is 4.04. The Balaban J connectivity index is 2.13. The van der Waals surface area contributed by atoms with Crippen LogP contribution in [0.5, 0.6) is 0 Å². The van der Waals surface area contributed by atoms with Gasteiger partial charge in [0.1, 0.15) is 0 Å². The van der Waals surface area contributed by atoms with Crippen LogP contribution in [0, 0.1) is 17.8 Å². The molecule has 0 amide bonds. The molecular weight excluding hydrogens is 108 g/mol. The van der Waals surface area contributed by atoms with Gasteiger partial charge in [0, 0.05) is 0 Å². The molecule has 3 atom stereocenters. The third-order valence-corrected chi connectivity index (χ3v) is 3.03. The van der Waals surface area contributed by atoms with Gasteiger partial charge in [-0.15, -0.1) is 0 Å². The fraction of sp³-hybridized carbons (Fsp3) is 0.778. The summed E-state index contributed by atoms with van der Waals surface area (Å²) in [6.07, 6.45) is 9.09. The molecule has 0 nitrogen and oxygen atoms in total. The number of hydrogen-bond donors (Lipinski definition) is 0. The standard InChI is InChI=1S/C9H14/c1-7-5-6-8-3-2-4-9(7)8/h2-3,7-9H,4-6H2,1H3. The molecule has 0 aromatic rings. The average molecular weight is 122 g/mol. The summed E-state index contributed by atoms with van der Waals surface area (Å²) in [6, 6.07) is 0. The lowest BCUT2D eigenvalue weighted by Gasteiger charge is -2.12. The molecule has 0 aromatic heterocycles. The smallest absolute Gasteiger partial charge is 0.0200 e. The lowest BCUT2D eigenvalue weighted by molar-refractivity contribution is 0.395. The summed E-state index contributed by atoms with van der Waals surface area (Å²) in [5.41, 5.74) is 0. The molecule has 1 saturated carbocycles. The van der Waals surface area contributed by atoms with Crippen molar-refractivity contribution < 1.29 is 0 Å². The van der Waals surface area contributed by atoms with Crippen molar-refractivity contribution in [3.8, 4) is 0 Å². The molecule has 0 radical (unpaired) electrons. The van der Waals surface area contributed by atoms with Gasteiger partial charge in [0.25, 0.3) is 0 Å². The minimum absolute atomic E-state index is 0.972. The highest BCUT2D eigenvalue weighted by molar-refractivity contribution is 5.05. The molecule has 0 bridgehead atoms. The molecular formula is C9H14. The van der Waals surface area contributed by atoms with Crippen LogP contribution in [0.25, 0.3) is 0 Å². The Morgan fingerprint density at radius 1 is 1.33 bits per heavy atom. The van der Waals surface area contributed by atoms with Gasteiger partial charge >= 0.3 is 0 Å². The van der Waals surface area contributed by atoms with Crippen molar-refractivity contribution in [1.82, 2.24) is 0 Å². The molecule has 3 unspecified atom stereocenters. The minimum atomic E-state index is 0.972. The number of fused-ring (bicyclic) bond motifs is 1. The van der Waals surface area contributed by atoms with Crippen molar-refractivity contribution in [1.29, 1.82) is 0 Å². The summed E-state index contributed by atoms with van der Waals surface area (Å²) in [6.45, 7) is 2.40. The summed E-state index contributed by atoms with van der Waals surface area (Å²) in [7, 11) is 0. The second kappa shape index (κ2) is 1.86. The Morgan fingerprint density at radius 3 is 3.00 bits per heavy atom. The highest BCUT2D eigenvalue weighted by atomic mass is 14.4. The first-order valence-corrected chi connectivity index (χ1v) is 4.04. The highest BCUT2D eigenvalue weighted by Crippen LogP contribution is 2.43. The first kappa shape index (κ1) is 5.52. The van der Waals surface area contributed by atoms with Crippen LogP contribution in [0.2, 0.25) is 0 Å². The first-order chi connectivity index (χ1) is 4.38. The van der Waals surface area contributed by atoms with Gasteiger partial charge in [0.05, 0.1) is 0 Å². The van der Waals surface area contributed by atoms with E-state index in [1.807, 2.05) is 0 Å². The zero-order chi connectivity index (χ0) is 6.27. The molecule has 2 aliphatic carbocycles. The summed E-state index contributed by atoms with van der Waals surface area (Å²) in [5, 5.41) is 0. The fourth-order valence-corrected chi connectivity index (χ4v) is 2.36. The Bertz CT molecular complexity index is 135. The van der Waals surface area contributed by atoms with Crippen LogP contribution in [0.3, 0.4) is 0 Å². The van der Waals surface area contributed by atoms with Crippen LogP contribution >= 0.6 is 0 Å². The van der Waals surface area contributed by atoms with E-state index in [-0.39, 0.29) is 0 Å². The fourth-order valence-electron chi connectivity index (χ4n) is 2.36. The lowest BCUT2D eigenvalue weighted by atomic mass is 9.93. The van der Waals surface area contributed by atoms with Crippen molar-refractivity contribution in [2.24, 2.45) is 17.8 Å². The van der Waals surface area contributed by atoms with Crippen molar-refractivity contribution in [2.75, 3.05) is 0 Å². The highest BCUT2D eigenvalue weighted by Gasteiger charge is 2.33. The van der Waals surface area contributed by atoms with E-state index in [0.29, 0.717) is 0 Å². The molecule has 0 spiro atoms. The summed E-state index contributed by atoms with van der Waals surface area (Å²) < 4.78 is 0. The van der Waals surface area contributed by atoms with Crippen LogP contribution in [0.1, 0.15) is 26.2 Å². The second-order valence-corrected chi connectivity index (χ2v) is 3.55. The van der Waals surface area contributed by atoms with E-state index < -0.39 is 0 Å². The van der Waals surface area contributed by atoms with E-state index in [0.717, 1.165) is 17.8 Å². The predicted molar refractivity (Wildman–Crippen MR) is 39.1 cm³/mol. The molecule has 2 aliphatic rings. The topological polar surface area (TPSA) is 0 Å². The normalized spacial score (nSPS) is 47.9. The third-order valence-electron chi connectivity index (χ3n) is 3.03. The maximum atomic E-state index is 2.42. The predicted octanol–water partition coefficient (Wildman–Crippen LogP) is 2.61. The minimum Gasteiger partial charge on any atom is -0.0879 e. The van der Waals surface area contributed by atoms with E-state index in [2.05, 4.69) is 19.1 Å². The third kappa shape index (κ3) is 0.726. The zero-order valence-electron chi connectivity index (χ0n) is 6.01. The Morgan fingerprint density at radius 2 is 2.22 bits per heavy atom. The van der Waals surface area contributed by atoms with Gasteiger partial charge in [-0.3, -0.25) is 0 Å². The molecule has 0 aliphatic heterocycles. The van der Waals surface area contributed by atoms with Crippen molar-refractivity contribution in [2.45, 2.75) is 26.2 Å². The SMILES string of the molecule is CC1CCC2C=CCC12. The average Bonchev–Trinajstić information content (AvgIpc) is 2.35. The number of allylic oxidation sites excluding steroid dienone is 2. The van der Waals surface area contributed by atoms with Gasteiger partial charge in [-0.05, 0) is 37.0 Å². The van der Waals surface area contributed by atoms with E-state index in [1.165, 1.54) is 19.3 Å². The Hall–Kier alpha value is -0.260. The van der Waals surface area contributed by atoms with Gasteiger partial charge in [-0.25, -0.2) is 0 Å². The van der Waals surface area contributed by atoms with Crippen LogP contribution in [-0.4, -0.2) is 0 Å². The van der Waals surface area contributed by atoms with E-state index in [1.54, 1.807) is 0 Å². The van der Waals surface area contributed by atoms with Gasteiger partial charge in [0.15, 0.2) is 0 Å². The second-order valence-electron chi connectivity index (χ2n) is 3.55. The van der Waals surface area contributed by atoms with Gasteiger partial charge < -0.3 is 0 Å². The number of hydrogen-bond acceptors (Lipinski definition) is 0. The summed E-state index contributed by atoms with van der Waals surface area (Å²) >= 11 is 0. The van der Waals surface area contributed by atoms with E-state index >= 15 is 0 Å². The van der Waals surface area contributed by atoms with Crippen molar-refractivity contribution in [3.63, 3.8) is 0 Å². The van der Waals surface area contributed by atoms with Crippen LogP contribution < -0.4 is 0 Å². The van der Waals surface area contributed by atoms with Crippen LogP contribution in [0.4, 0.5) is 0 Å². The van der Waals surface area contributed by atoms with Gasteiger partial charge in [-0.1, -0.05) is 19.1 Å². The molecule has 0 N–H and O–H groups in total. The lowest BCUT2D eigenvalue weighted by Crippen LogP contribution is -2.05. The van der Waals surface area contributed by atoms with Gasteiger partial charge in [0.2, 0.25) is 0 Å². The molecule has 2 rings (SSSR count). The molecule has 1 fully saturated rings. The van der Waals surface area contributed by atoms with Crippen LogP contribution in [-0.2, 0) is 0 Å². The van der Waals surface area contributed by atoms with Crippen LogP contribution in [0.15, 0.2) is 12.2 Å². The molecule has 50 valence electrons. The molecule has 0 saturated heterocycles. The summed E-state index contributed by atoms with van der Waals surface area (Å²) in [5.74, 6) is 3.01. The molecule has 0 aromatic carbocycles. The molecule has 0 heterocycles. The van der Waals surface area contributed by atoms with E-state index in [9.17, 15) is 0 Å². The Kier molecular flexibility index (Phi) is 1.14. The van der Waals surface area contributed by atoms with Crippen molar-refractivity contribution >= 4 is 0 Å². The quantitative estimate of drug-likeness (QED) is 0.433. The van der Waals surface area contributed by atoms with Gasteiger partial charge in [-0.2, -0.15) is 0 Å². The summed E-state index contributed by atoms with van der Waals surface area (Å²) in [4.78, 5) is 0. The largest absolute Gasteiger partial charge is 0.0879 e. The molecule has 0 heteroatoms. The monoisotopic (exact) mass is 122 g/mol. The number of rotatable bonds is 0.